The SMILES string of the molecule is CC1C(=O)N(C2CC2)C(=O)N1CC(=O)O. The molecule has 6 nitrogen and oxygen atoms in total. The first kappa shape index (κ1) is 9.95. The van der Waals surface area contributed by atoms with Crippen LogP contribution in [0, 0.1) is 0 Å². The van der Waals surface area contributed by atoms with Crippen LogP contribution in [-0.4, -0.2) is 51.4 Å². The molecule has 3 amide bonds. The van der Waals surface area contributed by atoms with Crippen molar-refractivity contribution in [2.45, 2.75) is 31.8 Å². The molecule has 1 N–H and O–H groups in total. The van der Waals surface area contributed by atoms with E-state index in [9.17, 15) is 14.4 Å². The van der Waals surface area contributed by atoms with E-state index in [1.54, 1.807) is 6.92 Å². The maximum absolute atomic E-state index is 11.7. The quantitative estimate of drug-likeness (QED) is 0.662. The fourth-order valence-electron chi connectivity index (χ4n) is 1.75. The van der Waals surface area contributed by atoms with Gasteiger partial charge in [-0.1, -0.05) is 0 Å². The third-order valence-electron chi connectivity index (χ3n) is 2.73. The predicted molar refractivity (Wildman–Crippen MR) is 49.1 cm³/mol. The van der Waals surface area contributed by atoms with Gasteiger partial charge in [0, 0.05) is 6.04 Å². The number of urea groups is 1. The molecule has 0 aromatic heterocycles. The van der Waals surface area contributed by atoms with Crippen LogP contribution in [0.3, 0.4) is 0 Å². The van der Waals surface area contributed by atoms with Crippen LogP contribution < -0.4 is 0 Å². The summed E-state index contributed by atoms with van der Waals surface area (Å²) in [7, 11) is 0. The number of amides is 3. The number of hydrogen-bond donors (Lipinski definition) is 1. The van der Waals surface area contributed by atoms with Gasteiger partial charge in [-0.15, -0.1) is 0 Å². The molecule has 0 radical (unpaired) electrons. The molecule has 1 heterocycles. The lowest BCUT2D eigenvalue weighted by Gasteiger charge is -2.16. The molecule has 0 aromatic carbocycles. The van der Waals surface area contributed by atoms with Crippen molar-refractivity contribution in [2.75, 3.05) is 6.54 Å². The average molecular weight is 212 g/mol. The average Bonchev–Trinajstić information content (AvgIpc) is 2.93. The lowest BCUT2D eigenvalue weighted by Crippen LogP contribution is -2.38. The van der Waals surface area contributed by atoms with Crippen molar-refractivity contribution in [3.05, 3.63) is 0 Å². The molecule has 2 aliphatic rings. The lowest BCUT2D eigenvalue weighted by atomic mass is 10.3. The molecule has 1 saturated heterocycles. The Morgan fingerprint density at radius 3 is 2.53 bits per heavy atom. The van der Waals surface area contributed by atoms with E-state index >= 15 is 0 Å². The third-order valence-corrected chi connectivity index (χ3v) is 2.73. The maximum Gasteiger partial charge on any atom is 0.328 e. The zero-order valence-corrected chi connectivity index (χ0v) is 8.34. The molecule has 1 atom stereocenters. The molecule has 15 heavy (non-hydrogen) atoms. The zero-order valence-electron chi connectivity index (χ0n) is 8.34. The molecular weight excluding hydrogens is 200 g/mol. The Morgan fingerprint density at radius 2 is 2.07 bits per heavy atom. The minimum absolute atomic E-state index is 0.00578. The van der Waals surface area contributed by atoms with Crippen LogP contribution in [0.5, 0.6) is 0 Å². The minimum Gasteiger partial charge on any atom is -0.480 e. The number of carbonyl (C=O) groups excluding carboxylic acids is 2. The first-order chi connectivity index (χ1) is 7.02. The Morgan fingerprint density at radius 1 is 1.47 bits per heavy atom. The van der Waals surface area contributed by atoms with Crippen molar-refractivity contribution in [1.29, 1.82) is 0 Å². The molecule has 1 saturated carbocycles. The van der Waals surface area contributed by atoms with Crippen molar-refractivity contribution in [2.24, 2.45) is 0 Å². The van der Waals surface area contributed by atoms with Crippen LogP contribution in [0.4, 0.5) is 4.79 Å². The summed E-state index contributed by atoms with van der Waals surface area (Å²) < 4.78 is 0. The topological polar surface area (TPSA) is 77.9 Å². The van der Waals surface area contributed by atoms with Crippen molar-refractivity contribution in [1.82, 2.24) is 9.80 Å². The van der Waals surface area contributed by atoms with Gasteiger partial charge in [0.05, 0.1) is 0 Å². The van der Waals surface area contributed by atoms with E-state index in [-0.39, 0.29) is 11.9 Å². The molecule has 0 bridgehead atoms. The second kappa shape index (κ2) is 3.22. The Hall–Kier alpha value is -1.59. The van der Waals surface area contributed by atoms with Crippen molar-refractivity contribution in [3.63, 3.8) is 0 Å². The Labute approximate surface area is 86.4 Å². The summed E-state index contributed by atoms with van der Waals surface area (Å²) >= 11 is 0. The van der Waals surface area contributed by atoms with E-state index in [4.69, 9.17) is 5.11 Å². The Balaban J connectivity index is 2.16. The smallest absolute Gasteiger partial charge is 0.328 e. The molecule has 1 unspecified atom stereocenters. The molecular formula is C9H12N2O4. The Bertz CT molecular complexity index is 337. The van der Waals surface area contributed by atoms with Gasteiger partial charge in [-0.05, 0) is 19.8 Å². The summed E-state index contributed by atoms with van der Waals surface area (Å²) in [5.74, 6) is -1.37. The number of imide groups is 1. The molecule has 1 aliphatic heterocycles. The number of carboxylic acids is 1. The first-order valence-electron chi connectivity index (χ1n) is 4.88. The van der Waals surface area contributed by atoms with Gasteiger partial charge in [0.25, 0.3) is 5.91 Å². The minimum atomic E-state index is -1.10. The van der Waals surface area contributed by atoms with Crippen LogP contribution in [0.15, 0.2) is 0 Å². The van der Waals surface area contributed by atoms with Gasteiger partial charge in [0.2, 0.25) is 0 Å². The molecule has 82 valence electrons. The molecule has 0 aromatic rings. The van der Waals surface area contributed by atoms with Gasteiger partial charge >= 0.3 is 12.0 Å². The number of carbonyl (C=O) groups is 3. The highest BCUT2D eigenvalue weighted by Crippen LogP contribution is 2.32. The monoisotopic (exact) mass is 212 g/mol. The number of carboxylic acid groups (broad SMARTS) is 1. The summed E-state index contributed by atoms with van der Waals surface area (Å²) in [6, 6.07) is -1.10. The predicted octanol–water partition coefficient (Wildman–Crippen LogP) is -0.114. The highest BCUT2D eigenvalue weighted by Gasteiger charge is 2.49. The fourth-order valence-corrected chi connectivity index (χ4v) is 1.75. The van der Waals surface area contributed by atoms with E-state index in [0.29, 0.717) is 0 Å². The Kier molecular flexibility index (Phi) is 2.13. The molecule has 6 heteroatoms. The molecule has 0 spiro atoms. The van der Waals surface area contributed by atoms with Gasteiger partial charge in [0.15, 0.2) is 0 Å². The summed E-state index contributed by atoms with van der Waals surface area (Å²) in [5.41, 5.74) is 0. The van der Waals surface area contributed by atoms with Gasteiger partial charge in [-0.25, -0.2) is 4.79 Å². The van der Waals surface area contributed by atoms with Gasteiger partial charge in [0.1, 0.15) is 12.6 Å². The van der Waals surface area contributed by atoms with E-state index in [1.807, 2.05) is 0 Å². The second-order valence-electron chi connectivity index (χ2n) is 3.92. The largest absolute Gasteiger partial charge is 0.480 e. The molecule has 1 aliphatic carbocycles. The lowest BCUT2D eigenvalue weighted by molar-refractivity contribution is -0.138. The normalized spacial score (nSPS) is 26.3. The van der Waals surface area contributed by atoms with Crippen LogP contribution in [0.1, 0.15) is 19.8 Å². The highest BCUT2D eigenvalue weighted by atomic mass is 16.4. The zero-order chi connectivity index (χ0) is 11.2. The summed E-state index contributed by atoms with van der Waals surface area (Å²) in [4.78, 5) is 36.2. The van der Waals surface area contributed by atoms with E-state index in [2.05, 4.69) is 0 Å². The van der Waals surface area contributed by atoms with Gasteiger partial charge in [-0.3, -0.25) is 14.5 Å². The van der Waals surface area contributed by atoms with Crippen LogP contribution in [0.25, 0.3) is 0 Å². The van der Waals surface area contributed by atoms with Crippen molar-refractivity contribution >= 4 is 17.9 Å². The van der Waals surface area contributed by atoms with Gasteiger partial charge < -0.3 is 10.0 Å². The van der Waals surface area contributed by atoms with Crippen molar-refractivity contribution in [3.8, 4) is 0 Å². The van der Waals surface area contributed by atoms with Crippen LogP contribution >= 0.6 is 0 Å². The first-order valence-corrected chi connectivity index (χ1v) is 4.88. The van der Waals surface area contributed by atoms with Crippen molar-refractivity contribution < 1.29 is 19.5 Å². The van der Waals surface area contributed by atoms with Crippen LogP contribution in [0.2, 0.25) is 0 Å². The van der Waals surface area contributed by atoms with Crippen LogP contribution in [-0.2, 0) is 9.59 Å². The number of nitrogens with zero attached hydrogens (tertiary/aromatic N) is 2. The number of rotatable bonds is 3. The summed E-state index contributed by atoms with van der Waals surface area (Å²) in [6.45, 7) is 1.15. The van der Waals surface area contributed by atoms with Gasteiger partial charge in [-0.2, -0.15) is 0 Å². The van der Waals surface area contributed by atoms with E-state index < -0.39 is 24.6 Å². The molecule has 2 fully saturated rings. The standard InChI is InChI=1S/C9H12N2O4/c1-5-8(14)11(6-2-3-6)9(15)10(5)4-7(12)13/h5-6H,2-4H2,1H3,(H,12,13). The third kappa shape index (κ3) is 1.55. The highest BCUT2D eigenvalue weighted by molar-refractivity contribution is 6.05. The summed E-state index contributed by atoms with van der Waals surface area (Å²) in [6.07, 6.45) is 1.68. The van der Waals surface area contributed by atoms with E-state index in [0.717, 1.165) is 17.7 Å². The molecule has 2 rings (SSSR count). The summed E-state index contributed by atoms with van der Waals surface area (Å²) in [5, 5.41) is 8.61. The fraction of sp³-hybridized carbons (Fsp3) is 0.667. The maximum atomic E-state index is 11.7. The number of aliphatic carboxylic acids is 1. The van der Waals surface area contributed by atoms with E-state index in [1.165, 1.54) is 4.90 Å². The number of hydrogen-bond acceptors (Lipinski definition) is 3. The second-order valence-corrected chi connectivity index (χ2v) is 3.92.